The number of aromatic hydroxyl groups is 1. The lowest BCUT2D eigenvalue weighted by Crippen LogP contribution is -2.28. The number of hydrogen-bond acceptors (Lipinski definition) is 4. The van der Waals surface area contributed by atoms with Crippen molar-refractivity contribution in [1.29, 1.82) is 0 Å². The van der Waals surface area contributed by atoms with Crippen LogP contribution in [0.5, 0.6) is 5.75 Å². The van der Waals surface area contributed by atoms with Gasteiger partial charge < -0.3 is 26.0 Å². The molecule has 1 rings (SSSR count). The van der Waals surface area contributed by atoms with Crippen molar-refractivity contribution in [3.8, 4) is 5.75 Å². The van der Waals surface area contributed by atoms with Crippen LogP contribution < -0.4 is 10.6 Å². The van der Waals surface area contributed by atoms with Gasteiger partial charge in [0.25, 0.3) is 0 Å². The zero-order valence-electron chi connectivity index (χ0n) is 10.4. The number of phenols is 1. The molecule has 5 nitrogen and oxygen atoms in total. The Morgan fingerprint density at radius 1 is 1.33 bits per heavy atom. The van der Waals surface area contributed by atoms with Crippen LogP contribution >= 0.6 is 12.2 Å². The third-order valence-electron chi connectivity index (χ3n) is 2.68. The van der Waals surface area contributed by atoms with Crippen molar-refractivity contribution in [2.75, 3.05) is 11.9 Å². The van der Waals surface area contributed by atoms with E-state index in [9.17, 15) is 15.3 Å². The van der Waals surface area contributed by atoms with Crippen LogP contribution in [-0.4, -0.2) is 27.0 Å². The van der Waals surface area contributed by atoms with Gasteiger partial charge in [0.15, 0.2) is 5.11 Å². The van der Waals surface area contributed by atoms with E-state index in [0.717, 1.165) is 0 Å². The van der Waals surface area contributed by atoms with Crippen molar-refractivity contribution >= 4 is 23.0 Å². The van der Waals surface area contributed by atoms with E-state index in [0.29, 0.717) is 34.0 Å². The van der Waals surface area contributed by atoms with Crippen molar-refractivity contribution in [3.05, 3.63) is 22.8 Å². The number of nitrogens with one attached hydrogen (secondary N) is 2. The van der Waals surface area contributed by atoms with Gasteiger partial charge in [-0.1, -0.05) is 0 Å². The Morgan fingerprint density at radius 3 is 2.50 bits per heavy atom. The number of benzene rings is 1. The molecule has 0 aliphatic carbocycles. The first-order chi connectivity index (χ1) is 8.54. The molecule has 18 heavy (non-hydrogen) atoms. The Balaban J connectivity index is 3.15. The molecule has 0 amide bonds. The number of thiocarbonyl (C=S) groups is 1. The minimum Gasteiger partial charge on any atom is -0.507 e. The highest BCUT2D eigenvalue weighted by molar-refractivity contribution is 7.80. The Hall–Kier alpha value is -1.37. The fourth-order valence-electron chi connectivity index (χ4n) is 1.66. The van der Waals surface area contributed by atoms with Gasteiger partial charge in [-0.2, -0.15) is 0 Å². The summed E-state index contributed by atoms with van der Waals surface area (Å²) >= 11 is 5.08. The maximum atomic E-state index is 9.84. The number of aliphatic hydroxyl groups excluding tert-OH is 2. The smallest absolute Gasteiger partial charge is 0.170 e. The van der Waals surface area contributed by atoms with Crippen molar-refractivity contribution in [3.63, 3.8) is 0 Å². The van der Waals surface area contributed by atoms with Gasteiger partial charge in [0.1, 0.15) is 5.75 Å². The molecule has 100 valence electrons. The molecule has 0 radical (unpaired) electrons. The highest BCUT2D eigenvalue weighted by atomic mass is 32.1. The Morgan fingerprint density at radius 2 is 2.00 bits per heavy atom. The van der Waals surface area contributed by atoms with Crippen LogP contribution in [0, 0.1) is 6.92 Å². The summed E-state index contributed by atoms with van der Waals surface area (Å²) in [5, 5.41) is 34.6. The maximum absolute atomic E-state index is 9.84. The molecule has 0 atom stereocenters. The number of aliphatic hydroxyl groups is 2. The molecule has 5 N–H and O–H groups in total. The van der Waals surface area contributed by atoms with E-state index in [1.54, 1.807) is 13.0 Å². The predicted octanol–water partition coefficient (Wildman–Crippen LogP) is 0.992. The van der Waals surface area contributed by atoms with Crippen molar-refractivity contribution in [1.82, 2.24) is 5.32 Å². The SMILES string of the molecule is CCNC(=S)Nc1cc(CO)c(O)c(CO)c1C. The first-order valence-electron chi connectivity index (χ1n) is 5.66. The van der Waals surface area contributed by atoms with Gasteiger partial charge in [0.05, 0.1) is 13.2 Å². The molecule has 0 saturated carbocycles. The number of hydrogen-bond donors (Lipinski definition) is 5. The molecule has 0 fully saturated rings. The van der Waals surface area contributed by atoms with E-state index in [2.05, 4.69) is 10.6 Å². The third kappa shape index (κ3) is 3.10. The molecular weight excluding hydrogens is 252 g/mol. The van der Waals surface area contributed by atoms with Crippen molar-refractivity contribution in [2.24, 2.45) is 0 Å². The molecule has 0 spiro atoms. The summed E-state index contributed by atoms with van der Waals surface area (Å²) in [5.41, 5.74) is 2.11. The largest absolute Gasteiger partial charge is 0.507 e. The fraction of sp³-hybridized carbons (Fsp3) is 0.417. The topological polar surface area (TPSA) is 84.8 Å². The van der Waals surface area contributed by atoms with Gasteiger partial charge in [-0.05, 0) is 37.7 Å². The average molecular weight is 270 g/mol. The summed E-state index contributed by atoms with van der Waals surface area (Å²) < 4.78 is 0. The second-order valence-electron chi connectivity index (χ2n) is 3.84. The van der Waals surface area contributed by atoms with E-state index in [1.165, 1.54) is 0 Å². The number of rotatable bonds is 4. The highest BCUT2D eigenvalue weighted by Gasteiger charge is 2.14. The third-order valence-corrected chi connectivity index (χ3v) is 2.93. The van der Waals surface area contributed by atoms with Gasteiger partial charge in [-0.25, -0.2) is 0 Å². The Kier molecular flexibility index (Phi) is 5.33. The predicted molar refractivity (Wildman–Crippen MR) is 74.6 cm³/mol. The quantitative estimate of drug-likeness (QED) is 0.414. The van der Waals surface area contributed by atoms with Crippen LogP contribution in [0.15, 0.2) is 6.07 Å². The zero-order valence-corrected chi connectivity index (χ0v) is 11.3. The zero-order chi connectivity index (χ0) is 13.7. The lowest BCUT2D eigenvalue weighted by molar-refractivity contribution is 0.263. The molecule has 1 aromatic rings. The van der Waals surface area contributed by atoms with Crippen LogP contribution in [0.1, 0.15) is 23.6 Å². The summed E-state index contributed by atoms with van der Waals surface area (Å²) in [5.74, 6) is -0.0718. The molecule has 0 aliphatic heterocycles. The lowest BCUT2D eigenvalue weighted by atomic mass is 10.0. The molecule has 0 unspecified atom stereocenters. The summed E-state index contributed by atoms with van der Waals surface area (Å²) in [4.78, 5) is 0. The molecule has 1 aromatic carbocycles. The normalized spacial score (nSPS) is 10.2. The van der Waals surface area contributed by atoms with Crippen molar-refractivity contribution in [2.45, 2.75) is 27.1 Å². The van der Waals surface area contributed by atoms with Gasteiger partial charge in [0.2, 0.25) is 0 Å². The minimum absolute atomic E-state index is 0.0718. The molecule has 0 heterocycles. The molecule has 6 heteroatoms. The first-order valence-corrected chi connectivity index (χ1v) is 6.06. The van der Waals surface area contributed by atoms with E-state index < -0.39 is 0 Å². The summed E-state index contributed by atoms with van der Waals surface area (Å²) in [6, 6.07) is 1.62. The van der Waals surface area contributed by atoms with E-state index in [-0.39, 0.29) is 19.0 Å². The summed E-state index contributed by atoms with van der Waals surface area (Å²) in [7, 11) is 0. The summed E-state index contributed by atoms with van der Waals surface area (Å²) in [6.07, 6.45) is 0. The molecule has 0 bridgehead atoms. The molecule has 0 aliphatic rings. The van der Waals surface area contributed by atoms with Crippen LogP contribution in [0.3, 0.4) is 0 Å². The molecule has 0 saturated heterocycles. The fourth-order valence-corrected chi connectivity index (χ4v) is 1.91. The maximum Gasteiger partial charge on any atom is 0.170 e. The standard InChI is InChI=1S/C12H18N2O3S/c1-3-13-12(18)14-10-4-8(5-15)11(17)9(6-16)7(10)2/h4,15-17H,3,5-6H2,1-2H3,(H2,13,14,18). The van der Waals surface area contributed by atoms with E-state index in [1.807, 2.05) is 6.92 Å². The Labute approximate surface area is 111 Å². The Bertz CT molecular complexity index is 449. The van der Waals surface area contributed by atoms with Gasteiger partial charge >= 0.3 is 0 Å². The van der Waals surface area contributed by atoms with E-state index in [4.69, 9.17) is 12.2 Å². The lowest BCUT2D eigenvalue weighted by Gasteiger charge is -2.17. The average Bonchev–Trinajstić information content (AvgIpc) is 2.34. The van der Waals surface area contributed by atoms with Gasteiger partial charge in [-0.15, -0.1) is 0 Å². The molecule has 0 aromatic heterocycles. The van der Waals surface area contributed by atoms with Crippen LogP contribution in [0.2, 0.25) is 0 Å². The van der Waals surface area contributed by atoms with Gasteiger partial charge in [-0.3, -0.25) is 0 Å². The first kappa shape index (κ1) is 14.7. The second kappa shape index (κ2) is 6.53. The second-order valence-corrected chi connectivity index (χ2v) is 4.24. The van der Waals surface area contributed by atoms with Crippen molar-refractivity contribution < 1.29 is 15.3 Å². The van der Waals surface area contributed by atoms with Gasteiger partial charge in [0, 0.05) is 23.4 Å². The summed E-state index contributed by atoms with van der Waals surface area (Å²) in [6.45, 7) is 3.79. The van der Waals surface area contributed by atoms with E-state index >= 15 is 0 Å². The van der Waals surface area contributed by atoms with Crippen LogP contribution in [-0.2, 0) is 13.2 Å². The number of anilines is 1. The highest BCUT2D eigenvalue weighted by Crippen LogP contribution is 2.31. The molecular formula is C12H18N2O3S. The van der Waals surface area contributed by atoms with Crippen LogP contribution in [0.25, 0.3) is 0 Å². The minimum atomic E-state index is -0.304. The van der Waals surface area contributed by atoms with Crippen LogP contribution in [0.4, 0.5) is 5.69 Å². The monoisotopic (exact) mass is 270 g/mol.